The van der Waals surface area contributed by atoms with Crippen LogP contribution in [0.2, 0.25) is 0 Å². The summed E-state index contributed by atoms with van der Waals surface area (Å²) in [6.45, 7) is 5.21. The number of carbonyl (C=O) groups excluding carboxylic acids is 2. The molecule has 3 heterocycles. The first-order valence-corrected chi connectivity index (χ1v) is 13.7. The molecule has 10 nitrogen and oxygen atoms in total. The molecule has 39 heavy (non-hydrogen) atoms. The fraction of sp³-hybridized carbons (Fsp3) is 0.655. The van der Waals surface area contributed by atoms with Crippen LogP contribution >= 0.6 is 0 Å². The number of hydrogen-bond acceptors (Lipinski definition) is 10. The van der Waals surface area contributed by atoms with E-state index in [4.69, 9.17) is 23.7 Å². The molecular formula is C29H39NO9. The lowest BCUT2D eigenvalue weighted by Gasteiger charge is -2.39. The minimum absolute atomic E-state index is 0.0686. The normalized spacial score (nSPS) is 27.0. The van der Waals surface area contributed by atoms with Crippen LogP contribution in [-0.4, -0.2) is 84.0 Å². The second-order valence-electron chi connectivity index (χ2n) is 11.7. The molecule has 0 aromatic heterocycles. The maximum atomic E-state index is 13.8. The molecule has 1 fully saturated rings. The second-order valence-corrected chi connectivity index (χ2v) is 11.7. The number of rotatable bonds is 9. The first-order valence-electron chi connectivity index (χ1n) is 13.7. The molecule has 1 spiro atoms. The Kier molecular flexibility index (Phi) is 7.32. The highest BCUT2D eigenvalue weighted by Crippen LogP contribution is 2.55. The number of hydrogen-bond donors (Lipinski definition) is 2. The summed E-state index contributed by atoms with van der Waals surface area (Å²) >= 11 is 0. The van der Waals surface area contributed by atoms with Gasteiger partial charge in [0.05, 0.1) is 37.7 Å². The van der Waals surface area contributed by atoms with Crippen molar-refractivity contribution in [2.45, 2.75) is 87.6 Å². The fourth-order valence-electron chi connectivity index (χ4n) is 6.71. The van der Waals surface area contributed by atoms with Gasteiger partial charge in [-0.15, -0.1) is 0 Å². The van der Waals surface area contributed by atoms with E-state index >= 15 is 0 Å². The molecule has 214 valence electrons. The summed E-state index contributed by atoms with van der Waals surface area (Å²) in [4.78, 5) is 28.4. The lowest BCUT2D eigenvalue weighted by molar-refractivity contribution is -0.178. The minimum Gasteiger partial charge on any atom is -0.497 e. The molecular weight excluding hydrogens is 506 g/mol. The van der Waals surface area contributed by atoms with Crippen LogP contribution in [-0.2, 0) is 30.2 Å². The number of benzene rings is 1. The first kappa shape index (κ1) is 27.7. The molecule has 1 unspecified atom stereocenters. The van der Waals surface area contributed by atoms with Gasteiger partial charge >= 0.3 is 11.9 Å². The molecule has 0 saturated carbocycles. The van der Waals surface area contributed by atoms with E-state index < -0.39 is 41.2 Å². The van der Waals surface area contributed by atoms with E-state index in [1.165, 1.54) is 7.11 Å². The second kappa shape index (κ2) is 10.3. The van der Waals surface area contributed by atoms with E-state index in [0.717, 1.165) is 43.5 Å². The van der Waals surface area contributed by atoms with E-state index in [2.05, 4.69) is 11.0 Å². The van der Waals surface area contributed by atoms with Gasteiger partial charge in [-0.25, -0.2) is 4.79 Å². The van der Waals surface area contributed by atoms with Crippen molar-refractivity contribution in [1.82, 2.24) is 4.90 Å². The van der Waals surface area contributed by atoms with Crippen molar-refractivity contribution in [3.05, 3.63) is 35.1 Å². The zero-order valence-corrected chi connectivity index (χ0v) is 23.2. The Labute approximate surface area is 228 Å². The number of ether oxygens (including phenoxy) is 5. The lowest BCUT2D eigenvalue weighted by atomic mass is 9.77. The number of carbonyl (C=O) groups is 2. The molecule has 2 N–H and O–H groups in total. The van der Waals surface area contributed by atoms with Gasteiger partial charge in [0.1, 0.15) is 5.76 Å². The first-order chi connectivity index (χ1) is 18.5. The third-order valence-electron chi connectivity index (χ3n) is 8.62. The number of esters is 2. The molecule has 4 aliphatic rings. The summed E-state index contributed by atoms with van der Waals surface area (Å²) in [5.74, 6) is -0.0645. The van der Waals surface area contributed by atoms with Gasteiger partial charge < -0.3 is 33.9 Å². The van der Waals surface area contributed by atoms with Crippen LogP contribution in [0.25, 0.3) is 0 Å². The van der Waals surface area contributed by atoms with Crippen LogP contribution in [0.4, 0.5) is 0 Å². The monoisotopic (exact) mass is 545 g/mol. The van der Waals surface area contributed by atoms with Crippen LogP contribution in [0, 0.1) is 0 Å². The Morgan fingerprint density at radius 2 is 1.87 bits per heavy atom. The molecule has 10 heteroatoms. The molecule has 0 radical (unpaired) electrons. The Hall–Kier alpha value is -2.82. The molecule has 1 aromatic carbocycles. The van der Waals surface area contributed by atoms with Gasteiger partial charge in [-0.1, -0.05) is 0 Å². The zero-order chi connectivity index (χ0) is 28.0. The van der Waals surface area contributed by atoms with Crippen molar-refractivity contribution in [2.24, 2.45) is 0 Å². The van der Waals surface area contributed by atoms with Gasteiger partial charge in [0.15, 0.2) is 23.2 Å². The van der Waals surface area contributed by atoms with Gasteiger partial charge in [-0.05, 0) is 88.3 Å². The number of fused-ring (bicyclic) bond motifs is 3. The number of aliphatic hydroxyl groups is 2. The highest BCUT2D eigenvalue weighted by molar-refractivity contribution is 5.86. The van der Waals surface area contributed by atoms with Gasteiger partial charge in [0, 0.05) is 6.54 Å². The zero-order valence-electron chi connectivity index (χ0n) is 23.2. The Morgan fingerprint density at radius 3 is 2.56 bits per heavy atom. The Bertz CT molecular complexity index is 1160. The largest absolute Gasteiger partial charge is 0.497 e. The smallest absolute Gasteiger partial charge is 0.339 e. The average Bonchev–Trinajstić information content (AvgIpc) is 3.56. The predicted molar refractivity (Wildman–Crippen MR) is 139 cm³/mol. The Morgan fingerprint density at radius 1 is 1.13 bits per heavy atom. The molecule has 0 bridgehead atoms. The van der Waals surface area contributed by atoms with Crippen molar-refractivity contribution in [1.29, 1.82) is 0 Å². The lowest BCUT2D eigenvalue weighted by Crippen LogP contribution is -2.49. The van der Waals surface area contributed by atoms with Crippen molar-refractivity contribution < 1.29 is 43.5 Å². The molecule has 1 aliphatic carbocycles. The van der Waals surface area contributed by atoms with Gasteiger partial charge in [0.25, 0.3) is 0 Å². The molecule has 4 atom stereocenters. The SMILES string of the molecule is COC(=O)CC(O)(CCCC(C)(C)O)C(=O)O[C@H]1C(OC)=C[C@@]23CCCN2CCc2cc4c(cc2[C@H]13)OCO4. The molecule has 3 aliphatic heterocycles. The maximum Gasteiger partial charge on any atom is 0.339 e. The van der Waals surface area contributed by atoms with Crippen molar-refractivity contribution in [3.63, 3.8) is 0 Å². The van der Waals surface area contributed by atoms with Crippen LogP contribution in [0.5, 0.6) is 11.5 Å². The van der Waals surface area contributed by atoms with Gasteiger partial charge in [-0.3, -0.25) is 9.69 Å². The average molecular weight is 546 g/mol. The van der Waals surface area contributed by atoms with Crippen LogP contribution in [0.15, 0.2) is 24.0 Å². The molecule has 5 rings (SSSR count). The molecule has 1 saturated heterocycles. The van der Waals surface area contributed by atoms with Crippen molar-refractivity contribution in [2.75, 3.05) is 34.1 Å². The number of methoxy groups -OCH3 is 2. The van der Waals surface area contributed by atoms with E-state index in [9.17, 15) is 19.8 Å². The quantitative estimate of drug-likeness (QED) is 0.448. The third-order valence-corrected chi connectivity index (χ3v) is 8.62. The van der Waals surface area contributed by atoms with E-state index in [1.807, 2.05) is 12.1 Å². The van der Waals surface area contributed by atoms with Gasteiger partial charge in [0.2, 0.25) is 6.79 Å². The van der Waals surface area contributed by atoms with Crippen molar-refractivity contribution in [3.8, 4) is 11.5 Å². The van der Waals surface area contributed by atoms with Crippen LogP contribution < -0.4 is 9.47 Å². The van der Waals surface area contributed by atoms with Crippen molar-refractivity contribution >= 4 is 11.9 Å². The topological polar surface area (TPSA) is 124 Å². The molecule has 0 amide bonds. The summed E-state index contributed by atoms with van der Waals surface area (Å²) in [6, 6.07) is 4.00. The summed E-state index contributed by atoms with van der Waals surface area (Å²) in [7, 11) is 2.76. The van der Waals surface area contributed by atoms with E-state index in [-0.39, 0.29) is 19.1 Å². The summed E-state index contributed by atoms with van der Waals surface area (Å²) in [5, 5.41) is 21.6. The maximum absolute atomic E-state index is 13.8. The van der Waals surface area contributed by atoms with Crippen LogP contribution in [0.3, 0.4) is 0 Å². The summed E-state index contributed by atoms with van der Waals surface area (Å²) < 4.78 is 28.1. The number of nitrogens with zero attached hydrogens (tertiary/aromatic N) is 1. The van der Waals surface area contributed by atoms with E-state index in [0.29, 0.717) is 30.1 Å². The summed E-state index contributed by atoms with van der Waals surface area (Å²) in [5.41, 5.74) is -1.42. The van der Waals surface area contributed by atoms with Crippen LogP contribution in [0.1, 0.15) is 69.4 Å². The minimum atomic E-state index is -2.12. The van der Waals surface area contributed by atoms with E-state index in [1.54, 1.807) is 21.0 Å². The summed E-state index contributed by atoms with van der Waals surface area (Å²) in [6.07, 6.45) is 3.94. The Balaban J connectivity index is 1.50. The van der Waals surface area contributed by atoms with Gasteiger partial charge in [-0.2, -0.15) is 0 Å². The highest BCUT2D eigenvalue weighted by atomic mass is 16.7. The highest BCUT2D eigenvalue weighted by Gasteiger charge is 2.59. The fourth-order valence-corrected chi connectivity index (χ4v) is 6.71. The standard InChI is InChI=1S/C29H39NO9/c1-27(2,33)8-5-10-29(34,16-23(31)36-4)26(32)39-25-22(35-3)15-28-9-6-11-30(28)12-7-18-13-20-21(38-17-37-20)14-19(18)24(25)28/h13-15,24-25,33-34H,5-12,16-17H2,1-4H3/t24-,25+,28-,29?/m1/s1. The molecule has 1 aromatic rings. The third kappa shape index (κ3) is 5.10. The predicted octanol–water partition coefficient (Wildman–Crippen LogP) is 2.58.